The summed E-state index contributed by atoms with van der Waals surface area (Å²) in [7, 11) is 0. The molecule has 1 heterocycles. The number of aliphatic hydroxyl groups excluding tert-OH is 1. The van der Waals surface area contributed by atoms with E-state index in [1.807, 2.05) is 6.07 Å². The maximum absolute atomic E-state index is 9.67. The number of hydrogen-bond acceptors (Lipinski definition) is 3. The quantitative estimate of drug-likeness (QED) is 0.706. The number of H-pyrrole nitrogens is 1. The minimum absolute atomic E-state index is 0.107. The lowest BCUT2D eigenvalue weighted by atomic mass is 10.0. The van der Waals surface area contributed by atoms with Crippen molar-refractivity contribution in [3.05, 3.63) is 36.2 Å². The molecule has 0 amide bonds. The van der Waals surface area contributed by atoms with E-state index in [1.54, 1.807) is 24.5 Å². The Bertz CT molecular complexity index is 438. The van der Waals surface area contributed by atoms with Crippen LogP contribution in [0.25, 0.3) is 11.1 Å². The molecule has 78 valence electrons. The molecule has 0 aliphatic carbocycles. The van der Waals surface area contributed by atoms with Crippen LogP contribution in [0.2, 0.25) is 0 Å². The monoisotopic (exact) mass is 204 g/mol. The normalized spacial score (nSPS) is 10.5. The number of nitrogens with zero attached hydrogens (tertiary/aromatic N) is 1. The fourth-order valence-corrected chi connectivity index (χ4v) is 1.50. The molecule has 0 radical (unpaired) electrons. The van der Waals surface area contributed by atoms with Crippen molar-refractivity contribution in [2.24, 2.45) is 0 Å². The Kier molecular flexibility index (Phi) is 2.69. The molecule has 4 nitrogen and oxygen atoms in total. The highest BCUT2D eigenvalue weighted by Crippen LogP contribution is 2.29. The highest BCUT2D eigenvalue weighted by molar-refractivity contribution is 5.69. The minimum Gasteiger partial charge on any atom is -0.507 e. The van der Waals surface area contributed by atoms with Gasteiger partial charge in [-0.15, -0.1) is 0 Å². The Morgan fingerprint density at radius 3 is 2.87 bits per heavy atom. The van der Waals surface area contributed by atoms with Crippen molar-refractivity contribution in [1.29, 1.82) is 0 Å². The Labute approximate surface area is 87.2 Å². The number of hydrogen-bond donors (Lipinski definition) is 3. The van der Waals surface area contributed by atoms with Crippen molar-refractivity contribution in [3.63, 3.8) is 0 Å². The topological polar surface area (TPSA) is 69.1 Å². The average Bonchev–Trinajstić information content (AvgIpc) is 2.74. The second kappa shape index (κ2) is 4.14. The maximum Gasteiger partial charge on any atom is 0.123 e. The third-order valence-electron chi connectivity index (χ3n) is 2.27. The second-order valence-electron chi connectivity index (χ2n) is 3.31. The average molecular weight is 204 g/mol. The first-order valence-corrected chi connectivity index (χ1v) is 4.73. The number of phenols is 1. The van der Waals surface area contributed by atoms with Gasteiger partial charge in [0.05, 0.1) is 6.20 Å². The van der Waals surface area contributed by atoms with Crippen LogP contribution in [0, 0.1) is 0 Å². The molecule has 0 unspecified atom stereocenters. The third-order valence-corrected chi connectivity index (χ3v) is 2.27. The zero-order valence-corrected chi connectivity index (χ0v) is 8.14. The SMILES string of the molecule is OCCc1ccc(O)c(-c2cn[nH]c2)c1. The van der Waals surface area contributed by atoms with Crippen molar-refractivity contribution in [2.45, 2.75) is 6.42 Å². The van der Waals surface area contributed by atoms with E-state index >= 15 is 0 Å². The molecule has 0 spiro atoms. The van der Waals surface area contributed by atoms with Gasteiger partial charge in [0.15, 0.2) is 0 Å². The number of aromatic nitrogens is 2. The second-order valence-corrected chi connectivity index (χ2v) is 3.31. The van der Waals surface area contributed by atoms with Gasteiger partial charge in [0.1, 0.15) is 5.75 Å². The lowest BCUT2D eigenvalue weighted by Gasteiger charge is -2.04. The van der Waals surface area contributed by atoms with Crippen LogP contribution >= 0.6 is 0 Å². The Morgan fingerprint density at radius 1 is 1.33 bits per heavy atom. The number of aromatic hydroxyl groups is 1. The molecule has 2 rings (SSSR count). The van der Waals surface area contributed by atoms with E-state index in [-0.39, 0.29) is 12.4 Å². The molecule has 1 aromatic carbocycles. The van der Waals surface area contributed by atoms with Crippen molar-refractivity contribution in [3.8, 4) is 16.9 Å². The van der Waals surface area contributed by atoms with Gasteiger partial charge in [-0.25, -0.2) is 0 Å². The molecule has 0 fully saturated rings. The lowest BCUT2D eigenvalue weighted by molar-refractivity contribution is 0.299. The zero-order chi connectivity index (χ0) is 10.7. The van der Waals surface area contributed by atoms with Gasteiger partial charge < -0.3 is 10.2 Å². The molecule has 1 aromatic heterocycles. The molecular weight excluding hydrogens is 192 g/mol. The lowest BCUT2D eigenvalue weighted by Crippen LogP contribution is -1.90. The molecule has 2 aromatic rings. The molecule has 0 atom stereocenters. The van der Waals surface area contributed by atoms with Gasteiger partial charge in [0, 0.05) is 23.9 Å². The summed E-state index contributed by atoms with van der Waals surface area (Å²) < 4.78 is 0. The predicted octanol–water partition coefficient (Wildman–Crippen LogP) is 1.32. The van der Waals surface area contributed by atoms with Gasteiger partial charge in [0.2, 0.25) is 0 Å². The molecule has 4 heteroatoms. The van der Waals surface area contributed by atoms with E-state index in [4.69, 9.17) is 5.11 Å². The molecule has 0 aliphatic rings. The van der Waals surface area contributed by atoms with Crippen molar-refractivity contribution in [2.75, 3.05) is 6.61 Å². The summed E-state index contributed by atoms with van der Waals surface area (Å²) in [5.41, 5.74) is 2.56. The van der Waals surface area contributed by atoms with Crippen LogP contribution in [-0.4, -0.2) is 27.0 Å². The van der Waals surface area contributed by atoms with E-state index < -0.39 is 0 Å². The van der Waals surface area contributed by atoms with Crippen LogP contribution in [-0.2, 0) is 6.42 Å². The molecule has 3 N–H and O–H groups in total. The van der Waals surface area contributed by atoms with Crippen molar-refractivity contribution >= 4 is 0 Å². The Hall–Kier alpha value is -1.81. The van der Waals surface area contributed by atoms with Crippen LogP contribution in [0.15, 0.2) is 30.6 Å². The molecule has 0 saturated carbocycles. The summed E-state index contributed by atoms with van der Waals surface area (Å²) in [6.07, 6.45) is 3.96. The smallest absolute Gasteiger partial charge is 0.123 e. The van der Waals surface area contributed by atoms with E-state index in [1.165, 1.54) is 0 Å². The summed E-state index contributed by atoms with van der Waals surface area (Å²) >= 11 is 0. The van der Waals surface area contributed by atoms with Crippen molar-refractivity contribution < 1.29 is 10.2 Å². The first kappa shape index (κ1) is 9.73. The fourth-order valence-electron chi connectivity index (χ4n) is 1.50. The maximum atomic E-state index is 9.67. The van der Waals surface area contributed by atoms with Crippen LogP contribution in [0.3, 0.4) is 0 Å². The predicted molar refractivity (Wildman–Crippen MR) is 56.5 cm³/mol. The summed E-state index contributed by atoms with van der Waals surface area (Å²) in [5, 5.41) is 25.0. The van der Waals surface area contributed by atoms with Crippen LogP contribution in [0.1, 0.15) is 5.56 Å². The standard InChI is InChI=1S/C11H12N2O2/c14-4-3-8-1-2-11(15)10(5-8)9-6-12-13-7-9/h1-2,5-7,14-15H,3-4H2,(H,12,13). The molecular formula is C11H12N2O2. The van der Waals surface area contributed by atoms with E-state index in [0.717, 1.165) is 16.7 Å². The first-order chi connectivity index (χ1) is 7.31. The summed E-state index contributed by atoms with van der Waals surface area (Å²) in [6, 6.07) is 5.29. The highest BCUT2D eigenvalue weighted by atomic mass is 16.3. The Balaban J connectivity index is 2.41. The highest BCUT2D eigenvalue weighted by Gasteiger charge is 2.06. The largest absolute Gasteiger partial charge is 0.507 e. The third kappa shape index (κ3) is 1.99. The summed E-state index contributed by atoms with van der Waals surface area (Å²) in [5.74, 6) is 0.220. The molecule has 0 bridgehead atoms. The van der Waals surface area contributed by atoms with Gasteiger partial charge in [-0.3, -0.25) is 5.10 Å². The van der Waals surface area contributed by atoms with Gasteiger partial charge in [-0.2, -0.15) is 5.10 Å². The Morgan fingerprint density at radius 2 is 2.20 bits per heavy atom. The number of benzene rings is 1. The first-order valence-electron chi connectivity index (χ1n) is 4.73. The zero-order valence-electron chi connectivity index (χ0n) is 8.14. The van der Waals surface area contributed by atoms with Crippen LogP contribution in [0.5, 0.6) is 5.75 Å². The number of rotatable bonds is 3. The van der Waals surface area contributed by atoms with E-state index in [2.05, 4.69) is 10.2 Å². The molecule has 0 saturated heterocycles. The molecule has 15 heavy (non-hydrogen) atoms. The van der Waals surface area contributed by atoms with Gasteiger partial charge in [-0.05, 0) is 24.1 Å². The fraction of sp³-hybridized carbons (Fsp3) is 0.182. The number of phenolic OH excluding ortho intramolecular Hbond substituents is 1. The van der Waals surface area contributed by atoms with Crippen LogP contribution in [0.4, 0.5) is 0 Å². The summed E-state index contributed by atoms with van der Waals surface area (Å²) in [6.45, 7) is 0.107. The number of aliphatic hydroxyl groups is 1. The van der Waals surface area contributed by atoms with Crippen LogP contribution < -0.4 is 0 Å². The summed E-state index contributed by atoms with van der Waals surface area (Å²) in [4.78, 5) is 0. The minimum atomic E-state index is 0.107. The van der Waals surface area contributed by atoms with E-state index in [9.17, 15) is 5.11 Å². The van der Waals surface area contributed by atoms with Gasteiger partial charge in [-0.1, -0.05) is 6.07 Å². The van der Waals surface area contributed by atoms with Gasteiger partial charge in [0.25, 0.3) is 0 Å². The number of aromatic amines is 1. The number of nitrogens with one attached hydrogen (secondary N) is 1. The van der Waals surface area contributed by atoms with Gasteiger partial charge >= 0.3 is 0 Å². The van der Waals surface area contributed by atoms with Crippen molar-refractivity contribution in [1.82, 2.24) is 10.2 Å². The van der Waals surface area contributed by atoms with E-state index in [0.29, 0.717) is 6.42 Å². The molecule has 0 aliphatic heterocycles.